The van der Waals surface area contributed by atoms with Gasteiger partial charge in [0.15, 0.2) is 0 Å². The number of carbonyl (C=O) groups is 1. The first-order valence-electron chi connectivity index (χ1n) is 11.3. The Morgan fingerprint density at radius 3 is 2.26 bits per heavy atom. The van der Waals surface area contributed by atoms with E-state index in [2.05, 4.69) is 11.9 Å². The molecule has 3 heteroatoms. The van der Waals surface area contributed by atoms with Crippen molar-refractivity contribution < 1.29 is 9.53 Å². The first-order chi connectivity index (χ1) is 13.2. The molecule has 0 saturated heterocycles. The van der Waals surface area contributed by atoms with Crippen molar-refractivity contribution in [1.29, 1.82) is 0 Å². The molecule has 0 amide bonds. The van der Waals surface area contributed by atoms with Crippen LogP contribution in [0.3, 0.4) is 0 Å². The van der Waals surface area contributed by atoms with E-state index in [-0.39, 0.29) is 11.9 Å². The number of hydrogen-bond acceptors (Lipinski definition) is 3. The summed E-state index contributed by atoms with van der Waals surface area (Å²) in [6.45, 7) is 4.23. The molecule has 2 aliphatic carbocycles. The van der Waals surface area contributed by atoms with Crippen LogP contribution in [0.1, 0.15) is 89.7 Å². The molecule has 2 aliphatic rings. The van der Waals surface area contributed by atoms with Gasteiger partial charge in [-0.05, 0) is 75.3 Å². The number of esters is 1. The van der Waals surface area contributed by atoms with Crippen LogP contribution in [0.2, 0.25) is 0 Å². The molecule has 1 heterocycles. The number of aromatic nitrogens is 1. The Balaban J connectivity index is 1.37. The Morgan fingerprint density at radius 1 is 1.00 bits per heavy atom. The summed E-state index contributed by atoms with van der Waals surface area (Å²) in [5.74, 6) is 3.33. The maximum atomic E-state index is 12.5. The van der Waals surface area contributed by atoms with Gasteiger partial charge in [0.25, 0.3) is 0 Å². The van der Waals surface area contributed by atoms with Crippen molar-refractivity contribution in [3.05, 3.63) is 24.0 Å². The SMILES string of the molecule is CCCCCC1CCC(C2CCC(C(=O)Oc3ccc(C)nc3)CC2)CC1. The van der Waals surface area contributed by atoms with Crippen LogP contribution in [0.5, 0.6) is 5.75 Å². The Labute approximate surface area is 165 Å². The van der Waals surface area contributed by atoms with Crippen LogP contribution in [-0.2, 0) is 4.79 Å². The minimum absolute atomic E-state index is 0.0567. The van der Waals surface area contributed by atoms with Gasteiger partial charge in [-0.25, -0.2) is 0 Å². The minimum atomic E-state index is -0.0567. The van der Waals surface area contributed by atoms with Gasteiger partial charge in [0.1, 0.15) is 5.75 Å². The highest BCUT2D eigenvalue weighted by Gasteiger charge is 2.33. The molecular weight excluding hydrogens is 334 g/mol. The average Bonchev–Trinajstić information content (AvgIpc) is 2.70. The van der Waals surface area contributed by atoms with Gasteiger partial charge in [0.2, 0.25) is 0 Å². The monoisotopic (exact) mass is 371 g/mol. The molecule has 150 valence electrons. The highest BCUT2D eigenvalue weighted by Crippen LogP contribution is 2.42. The fourth-order valence-electron chi connectivity index (χ4n) is 5.17. The van der Waals surface area contributed by atoms with Crippen molar-refractivity contribution >= 4 is 5.97 Å². The van der Waals surface area contributed by atoms with Gasteiger partial charge in [0.05, 0.1) is 12.1 Å². The van der Waals surface area contributed by atoms with Crippen molar-refractivity contribution in [1.82, 2.24) is 4.98 Å². The van der Waals surface area contributed by atoms with Gasteiger partial charge >= 0.3 is 5.97 Å². The predicted octanol–water partition coefficient (Wildman–Crippen LogP) is 6.49. The zero-order valence-electron chi connectivity index (χ0n) is 17.3. The van der Waals surface area contributed by atoms with E-state index in [9.17, 15) is 4.79 Å². The lowest BCUT2D eigenvalue weighted by Crippen LogP contribution is -2.30. The molecule has 3 nitrogen and oxygen atoms in total. The van der Waals surface area contributed by atoms with Crippen molar-refractivity contribution in [2.45, 2.75) is 90.9 Å². The van der Waals surface area contributed by atoms with Gasteiger partial charge in [-0.2, -0.15) is 0 Å². The van der Waals surface area contributed by atoms with Crippen LogP contribution >= 0.6 is 0 Å². The van der Waals surface area contributed by atoms with E-state index in [1.54, 1.807) is 6.20 Å². The standard InChI is InChI=1S/C24H37NO2/c1-3-4-5-6-19-8-10-20(11-9-19)21-12-14-22(15-13-21)24(26)27-23-16-7-18(2)25-17-23/h7,16-17,19-22H,3-6,8-15H2,1-2H3. The molecule has 0 atom stereocenters. The topological polar surface area (TPSA) is 39.2 Å². The maximum absolute atomic E-state index is 12.5. The summed E-state index contributed by atoms with van der Waals surface area (Å²) < 4.78 is 5.55. The highest BCUT2D eigenvalue weighted by atomic mass is 16.5. The van der Waals surface area contributed by atoms with Crippen LogP contribution in [0.4, 0.5) is 0 Å². The second kappa shape index (κ2) is 10.2. The smallest absolute Gasteiger partial charge is 0.314 e. The second-order valence-electron chi connectivity index (χ2n) is 8.94. The van der Waals surface area contributed by atoms with Gasteiger partial charge in [-0.15, -0.1) is 0 Å². The van der Waals surface area contributed by atoms with E-state index in [0.717, 1.165) is 36.3 Å². The van der Waals surface area contributed by atoms with E-state index < -0.39 is 0 Å². The third-order valence-electron chi connectivity index (χ3n) is 6.98. The lowest BCUT2D eigenvalue weighted by atomic mass is 9.68. The van der Waals surface area contributed by atoms with Crippen LogP contribution in [0.25, 0.3) is 0 Å². The Kier molecular flexibility index (Phi) is 7.72. The van der Waals surface area contributed by atoms with Crippen molar-refractivity contribution in [3.63, 3.8) is 0 Å². The molecule has 0 spiro atoms. The molecule has 27 heavy (non-hydrogen) atoms. The lowest BCUT2D eigenvalue weighted by Gasteiger charge is -2.37. The van der Waals surface area contributed by atoms with E-state index in [0.29, 0.717) is 5.75 Å². The molecule has 2 saturated carbocycles. The lowest BCUT2D eigenvalue weighted by molar-refractivity contribution is -0.140. The van der Waals surface area contributed by atoms with Gasteiger partial charge < -0.3 is 4.74 Å². The van der Waals surface area contributed by atoms with E-state index in [1.807, 2.05) is 19.1 Å². The van der Waals surface area contributed by atoms with Gasteiger partial charge in [-0.3, -0.25) is 9.78 Å². The average molecular weight is 372 g/mol. The summed E-state index contributed by atoms with van der Waals surface area (Å²) in [5.41, 5.74) is 0.940. The van der Waals surface area contributed by atoms with E-state index >= 15 is 0 Å². The van der Waals surface area contributed by atoms with Crippen LogP contribution in [0, 0.1) is 30.6 Å². The first-order valence-corrected chi connectivity index (χ1v) is 11.3. The molecule has 1 aromatic rings. The Morgan fingerprint density at radius 2 is 1.67 bits per heavy atom. The molecular formula is C24H37NO2. The molecule has 0 unspecified atom stereocenters. The summed E-state index contributed by atoms with van der Waals surface area (Å²) in [4.78, 5) is 16.7. The first kappa shape index (κ1) is 20.4. The minimum Gasteiger partial charge on any atom is -0.425 e. The summed E-state index contributed by atoms with van der Waals surface area (Å²) in [7, 11) is 0. The number of aryl methyl sites for hydroxylation is 1. The summed E-state index contributed by atoms with van der Waals surface area (Å²) >= 11 is 0. The summed E-state index contributed by atoms with van der Waals surface area (Å²) in [6, 6.07) is 3.73. The molecule has 0 bridgehead atoms. The Bertz CT molecular complexity index is 567. The van der Waals surface area contributed by atoms with Crippen LogP contribution < -0.4 is 4.74 Å². The van der Waals surface area contributed by atoms with Crippen molar-refractivity contribution in [2.75, 3.05) is 0 Å². The van der Waals surface area contributed by atoms with Crippen LogP contribution in [-0.4, -0.2) is 11.0 Å². The maximum Gasteiger partial charge on any atom is 0.314 e. The number of pyridine rings is 1. The molecule has 2 fully saturated rings. The van der Waals surface area contributed by atoms with Crippen molar-refractivity contribution in [3.8, 4) is 5.75 Å². The fourth-order valence-corrected chi connectivity index (χ4v) is 5.17. The van der Waals surface area contributed by atoms with E-state index in [1.165, 1.54) is 64.2 Å². The van der Waals surface area contributed by atoms with Gasteiger partial charge in [-0.1, -0.05) is 45.4 Å². The quantitative estimate of drug-likeness (QED) is 0.406. The second-order valence-corrected chi connectivity index (χ2v) is 8.94. The number of hydrogen-bond donors (Lipinski definition) is 0. The molecule has 0 radical (unpaired) electrons. The molecule has 0 aromatic carbocycles. The third-order valence-corrected chi connectivity index (χ3v) is 6.98. The number of unbranched alkanes of at least 4 members (excludes halogenated alkanes) is 2. The Hall–Kier alpha value is -1.38. The predicted molar refractivity (Wildman–Crippen MR) is 110 cm³/mol. The number of nitrogens with zero attached hydrogens (tertiary/aromatic N) is 1. The molecule has 0 N–H and O–H groups in total. The fraction of sp³-hybridized carbons (Fsp3) is 0.750. The van der Waals surface area contributed by atoms with Crippen molar-refractivity contribution in [2.24, 2.45) is 23.7 Å². The molecule has 0 aliphatic heterocycles. The zero-order chi connectivity index (χ0) is 19.1. The normalized spacial score (nSPS) is 28.7. The number of rotatable bonds is 7. The summed E-state index contributed by atoms with van der Waals surface area (Å²) in [5, 5.41) is 0. The van der Waals surface area contributed by atoms with Crippen LogP contribution in [0.15, 0.2) is 18.3 Å². The number of carbonyl (C=O) groups excluding carboxylic acids is 1. The number of ether oxygens (including phenoxy) is 1. The third kappa shape index (κ3) is 6.05. The van der Waals surface area contributed by atoms with E-state index in [4.69, 9.17) is 4.74 Å². The van der Waals surface area contributed by atoms with Gasteiger partial charge in [0, 0.05) is 5.69 Å². The molecule has 1 aromatic heterocycles. The highest BCUT2D eigenvalue weighted by molar-refractivity contribution is 5.75. The molecule has 3 rings (SSSR count). The zero-order valence-corrected chi connectivity index (χ0v) is 17.3. The summed E-state index contributed by atoms with van der Waals surface area (Å²) in [6.07, 6.45) is 17.4. The largest absolute Gasteiger partial charge is 0.425 e.